The maximum atomic E-state index is 12.5. The summed E-state index contributed by atoms with van der Waals surface area (Å²) in [5, 5.41) is 4.17. The molecule has 1 unspecified atom stereocenters. The van der Waals surface area contributed by atoms with E-state index in [1.165, 1.54) is 34.3 Å². The number of allylic oxidation sites excluding steroid dienone is 3. The third-order valence-corrected chi connectivity index (χ3v) is 11.2. The Morgan fingerprint density at radius 1 is 0.931 bits per heavy atom. The fourth-order valence-corrected chi connectivity index (χ4v) is 7.77. The van der Waals surface area contributed by atoms with E-state index in [4.69, 9.17) is 29.7 Å². The fraction of sp³-hybridized carbons (Fsp3) is 0.583. The largest absolute Gasteiger partial charge is 0.460 e. The average molecular weight is 840 g/mol. The van der Waals surface area contributed by atoms with E-state index in [1.807, 2.05) is 13.8 Å². The summed E-state index contributed by atoms with van der Waals surface area (Å²) < 4.78 is 25.5. The van der Waals surface area contributed by atoms with E-state index in [-0.39, 0.29) is 17.2 Å². The van der Waals surface area contributed by atoms with Crippen LogP contribution in [0.2, 0.25) is 0 Å². The van der Waals surface area contributed by atoms with Gasteiger partial charge in [-0.05, 0) is 87.1 Å². The lowest BCUT2D eigenvalue weighted by Crippen LogP contribution is -2.29. The van der Waals surface area contributed by atoms with Gasteiger partial charge in [0.15, 0.2) is 0 Å². The normalized spacial score (nSPS) is 14.6. The van der Waals surface area contributed by atoms with Gasteiger partial charge in [-0.1, -0.05) is 73.0 Å². The van der Waals surface area contributed by atoms with Crippen LogP contribution in [0.3, 0.4) is 0 Å². The number of rotatable bonds is 24. The van der Waals surface area contributed by atoms with Crippen molar-refractivity contribution in [1.82, 2.24) is 9.89 Å². The molecule has 2 aliphatic heterocycles. The van der Waals surface area contributed by atoms with E-state index >= 15 is 0 Å². The van der Waals surface area contributed by atoms with Crippen LogP contribution in [0.15, 0.2) is 69.6 Å². The minimum absolute atomic E-state index is 0.0796. The summed E-state index contributed by atoms with van der Waals surface area (Å²) in [7, 11) is 1.71. The number of fused-ring (bicyclic) bond motifs is 2. The molecule has 0 saturated heterocycles. The van der Waals surface area contributed by atoms with Crippen molar-refractivity contribution in [3.8, 4) is 11.3 Å². The Balaban J connectivity index is 0.00000443. The van der Waals surface area contributed by atoms with Gasteiger partial charge in [-0.25, -0.2) is 4.58 Å². The number of benzene rings is 2. The summed E-state index contributed by atoms with van der Waals surface area (Å²) in [6, 6.07) is 15.4. The number of carbonyl (C=O) groups excluding carboxylic acids is 1. The molecule has 322 valence electrons. The molecule has 1 aliphatic carbocycles. The molecule has 0 fully saturated rings. The van der Waals surface area contributed by atoms with E-state index in [2.05, 4.69) is 117 Å². The van der Waals surface area contributed by atoms with Gasteiger partial charge in [0.1, 0.15) is 24.6 Å². The highest BCUT2D eigenvalue weighted by atomic mass is 35.5. The standard InChI is InChI=1S/C46H66ClN3O5S.C2H6/c1-8-49(9-2)37-21-23-39-36(32-44(46(4,5)6)55-43(39)33-37)18-17-19-41-35(3)40-34-38(56-52-7)22-24-42(40)50(41)27-15-12-13-20-45(51)48-26-29-54-31-30-53-28-16-11-10-14-25-47;1-2/h17-19,21-24,32-35H,8-16,20,25-31H2,1-7H3;1-2H3/p+1. The second kappa shape index (κ2) is 26.9. The van der Waals surface area contributed by atoms with Gasteiger partial charge in [0.2, 0.25) is 11.3 Å². The van der Waals surface area contributed by atoms with Crippen LogP contribution < -0.4 is 20.1 Å². The van der Waals surface area contributed by atoms with Crippen LogP contribution in [-0.2, 0) is 23.9 Å². The van der Waals surface area contributed by atoms with Gasteiger partial charge in [0, 0.05) is 83.3 Å². The third-order valence-electron chi connectivity index (χ3n) is 10.3. The Labute approximate surface area is 360 Å². The quantitative estimate of drug-likeness (QED) is 0.0417. The van der Waals surface area contributed by atoms with Crippen molar-refractivity contribution in [1.29, 1.82) is 0 Å². The van der Waals surface area contributed by atoms with Crippen molar-refractivity contribution < 1.29 is 22.9 Å². The van der Waals surface area contributed by atoms with Crippen LogP contribution in [-0.4, -0.2) is 71.5 Å². The van der Waals surface area contributed by atoms with Crippen LogP contribution >= 0.6 is 23.6 Å². The second-order valence-electron chi connectivity index (χ2n) is 15.5. The topological polar surface area (TPSA) is 76.2 Å². The number of ether oxygens (including phenoxy) is 2. The van der Waals surface area contributed by atoms with Crippen molar-refractivity contribution in [2.24, 2.45) is 0 Å². The molecule has 1 N–H and O–H groups in total. The van der Waals surface area contributed by atoms with Crippen molar-refractivity contribution in [2.45, 2.75) is 123 Å². The number of amides is 1. The van der Waals surface area contributed by atoms with E-state index in [9.17, 15) is 4.79 Å². The van der Waals surface area contributed by atoms with Gasteiger partial charge in [0.25, 0.3) is 0 Å². The summed E-state index contributed by atoms with van der Waals surface area (Å²) in [5.74, 6) is 2.90. The number of hydrogen-bond donors (Lipinski definition) is 1. The molecule has 4 rings (SSSR count). The summed E-state index contributed by atoms with van der Waals surface area (Å²) in [5.41, 5.74) is 5.93. The minimum atomic E-state index is -0.133. The predicted octanol–water partition coefficient (Wildman–Crippen LogP) is 11.2. The summed E-state index contributed by atoms with van der Waals surface area (Å²) in [6.07, 6.45) is 14.5. The molecule has 0 bridgehead atoms. The van der Waals surface area contributed by atoms with E-state index < -0.39 is 0 Å². The molecule has 0 saturated carbocycles. The summed E-state index contributed by atoms with van der Waals surface area (Å²) in [6.45, 7) is 22.9. The van der Waals surface area contributed by atoms with Gasteiger partial charge in [-0.15, -0.1) is 11.6 Å². The van der Waals surface area contributed by atoms with Crippen molar-refractivity contribution in [3.05, 3.63) is 82.6 Å². The molecule has 58 heavy (non-hydrogen) atoms. The van der Waals surface area contributed by atoms with Gasteiger partial charge in [-0.3, -0.25) is 4.79 Å². The maximum absolute atomic E-state index is 12.5. The van der Waals surface area contributed by atoms with Crippen LogP contribution in [0.5, 0.6) is 0 Å². The van der Waals surface area contributed by atoms with Crippen LogP contribution in [0.1, 0.15) is 130 Å². The van der Waals surface area contributed by atoms with Crippen LogP contribution in [0.25, 0.3) is 17.4 Å². The molecule has 10 heteroatoms. The Hall–Kier alpha value is -3.08. The SMILES string of the molecule is CC.CC[N+](CC)=c1ccc2c(/C=C/C=C3\C(C)c4cc(SOC)ccc4N3CCCCCC(=O)NCCOCCOCCCCCCCl)cc(C(C)(C)C)oc-2c1. The smallest absolute Gasteiger partial charge is 0.220 e. The minimum Gasteiger partial charge on any atom is -0.460 e. The van der Waals surface area contributed by atoms with Gasteiger partial charge < -0.3 is 28.3 Å². The molecule has 1 aromatic carbocycles. The molecule has 1 atom stereocenters. The molecule has 1 amide bonds. The van der Waals surface area contributed by atoms with Gasteiger partial charge in [0.05, 0.1) is 33.0 Å². The number of carbonyl (C=O) groups is 1. The Morgan fingerprint density at radius 2 is 1.66 bits per heavy atom. The van der Waals surface area contributed by atoms with Crippen molar-refractivity contribution >= 4 is 41.3 Å². The number of anilines is 1. The Morgan fingerprint density at radius 3 is 2.36 bits per heavy atom. The zero-order chi connectivity index (χ0) is 42.3. The number of hydrogen-bond acceptors (Lipinski definition) is 7. The zero-order valence-electron chi connectivity index (χ0n) is 37.1. The molecule has 2 heterocycles. The zero-order valence-corrected chi connectivity index (χ0v) is 38.7. The van der Waals surface area contributed by atoms with E-state index in [0.29, 0.717) is 32.8 Å². The highest BCUT2D eigenvalue weighted by Crippen LogP contribution is 2.45. The lowest BCUT2D eigenvalue weighted by atomic mass is 9.90. The van der Waals surface area contributed by atoms with Crippen LogP contribution in [0, 0.1) is 0 Å². The molecule has 0 aromatic heterocycles. The molecule has 1 aromatic rings. The van der Waals surface area contributed by atoms with Gasteiger partial charge in [-0.2, -0.15) is 0 Å². The lowest BCUT2D eigenvalue weighted by Gasteiger charge is -2.23. The van der Waals surface area contributed by atoms with E-state index in [0.717, 1.165) is 105 Å². The van der Waals surface area contributed by atoms with Crippen LogP contribution in [0.4, 0.5) is 5.69 Å². The average Bonchev–Trinajstić information content (AvgIpc) is 3.47. The first kappa shape index (κ1) is 49.3. The number of nitrogens with zero attached hydrogens (tertiary/aromatic N) is 2. The highest BCUT2D eigenvalue weighted by Gasteiger charge is 2.30. The summed E-state index contributed by atoms with van der Waals surface area (Å²) >= 11 is 7.11. The van der Waals surface area contributed by atoms with Crippen molar-refractivity contribution in [2.75, 3.05) is 70.5 Å². The molecule has 3 aliphatic rings. The second-order valence-corrected chi connectivity index (χ2v) is 16.8. The Bertz CT molecular complexity index is 1760. The lowest BCUT2D eigenvalue weighted by molar-refractivity contribution is -0.121. The molecule has 0 radical (unpaired) electrons. The molecule has 8 nitrogen and oxygen atoms in total. The molecular formula is C48H73ClN3O5S+. The number of unbranched alkanes of at least 4 members (excludes halogenated alkanes) is 5. The fourth-order valence-electron chi connectivity index (χ4n) is 7.09. The first-order chi connectivity index (χ1) is 28.1. The highest BCUT2D eigenvalue weighted by molar-refractivity contribution is 7.94. The van der Waals surface area contributed by atoms with E-state index in [1.54, 1.807) is 7.11 Å². The maximum Gasteiger partial charge on any atom is 0.220 e. The monoisotopic (exact) mass is 838 g/mol. The number of halogens is 1. The molecule has 0 spiro atoms. The first-order valence-corrected chi connectivity index (χ1v) is 23.0. The van der Waals surface area contributed by atoms with Gasteiger partial charge >= 0.3 is 0 Å². The molecular weight excluding hydrogens is 766 g/mol. The number of alkyl halides is 1. The number of nitrogens with one attached hydrogen (secondary N) is 1. The third kappa shape index (κ3) is 15.5. The Kier molecular flexibility index (Phi) is 22.9. The first-order valence-electron chi connectivity index (χ1n) is 21.8. The predicted molar refractivity (Wildman–Crippen MR) is 246 cm³/mol. The summed E-state index contributed by atoms with van der Waals surface area (Å²) in [4.78, 5) is 16.1. The van der Waals surface area contributed by atoms with Crippen molar-refractivity contribution in [3.63, 3.8) is 0 Å².